The number of aryl methyl sites for hydroxylation is 2. The van der Waals surface area contributed by atoms with Gasteiger partial charge < -0.3 is 16.4 Å². The van der Waals surface area contributed by atoms with Crippen LogP contribution in [0.3, 0.4) is 0 Å². The van der Waals surface area contributed by atoms with E-state index < -0.39 is 0 Å². The number of nitrogens with two attached hydrogens (primary N) is 1. The molecule has 0 saturated carbocycles. The van der Waals surface area contributed by atoms with Gasteiger partial charge in [-0.1, -0.05) is 0 Å². The van der Waals surface area contributed by atoms with Crippen LogP contribution < -0.4 is 16.4 Å². The molecule has 0 aliphatic heterocycles. The van der Waals surface area contributed by atoms with E-state index in [9.17, 15) is 4.79 Å². The Morgan fingerprint density at radius 1 is 1.53 bits per heavy atom. The van der Waals surface area contributed by atoms with Crippen LogP contribution in [-0.2, 0) is 11.8 Å². The molecule has 1 aromatic rings. The van der Waals surface area contributed by atoms with Crippen LogP contribution >= 0.6 is 0 Å². The van der Waals surface area contributed by atoms with Crippen molar-refractivity contribution in [3.8, 4) is 0 Å². The van der Waals surface area contributed by atoms with Crippen molar-refractivity contribution in [2.24, 2.45) is 7.05 Å². The molecule has 6 heteroatoms. The lowest BCUT2D eigenvalue weighted by Crippen LogP contribution is -2.26. The van der Waals surface area contributed by atoms with Crippen molar-refractivity contribution in [3.05, 3.63) is 5.69 Å². The average Bonchev–Trinajstić information content (AvgIpc) is 2.37. The van der Waals surface area contributed by atoms with E-state index in [4.69, 9.17) is 5.73 Å². The first-order chi connectivity index (χ1) is 7.02. The smallest absolute Gasteiger partial charge is 0.216 e. The van der Waals surface area contributed by atoms with Crippen molar-refractivity contribution in [3.63, 3.8) is 0 Å². The van der Waals surface area contributed by atoms with Gasteiger partial charge in [0.1, 0.15) is 5.82 Å². The zero-order chi connectivity index (χ0) is 11.4. The van der Waals surface area contributed by atoms with Gasteiger partial charge in [0.15, 0.2) is 0 Å². The fourth-order valence-electron chi connectivity index (χ4n) is 1.30. The van der Waals surface area contributed by atoms with E-state index in [1.165, 1.54) is 6.92 Å². The quantitative estimate of drug-likeness (QED) is 0.605. The maximum absolute atomic E-state index is 10.6. The van der Waals surface area contributed by atoms with Crippen LogP contribution in [0.5, 0.6) is 0 Å². The molecule has 0 bridgehead atoms. The van der Waals surface area contributed by atoms with E-state index in [2.05, 4.69) is 15.7 Å². The second-order valence-electron chi connectivity index (χ2n) is 3.38. The number of nitrogens with zero attached hydrogens (tertiary/aromatic N) is 2. The first-order valence-corrected chi connectivity index (χ1v) is 4.79. The number of amides is 1. The highest BCUT2D eigenvalue weighted by molar-refractivity contribution is 5.72. The zero-order valence-electron chi connectivity index (χ0n) is 9.29. The summed E-state index contributed by atoms with van der Waals surface area (Å²) in [5.74, 6) is 0.754. The molecule has 84 valence electrons. The largest absolute Gasteiger partial charge is 0.394 e. The summed E-state index contributed by atoms with van der Waals surface area (Å²) in [6.07, 6.45) is 0. The monoisotopic (exact) mass is 211 g/mol. The van der Waals surface area contributed by atoms with E-state index in [-0.39, 0.29) is 5.91 Å². The van der Waals surface area contributed by atoms with E-state index in [0.717, 1.165) is 11.5 Å². The molecule has 6 nitrogen and oxygen atoms in total. The normalized spacial score (nSPS) is 10.1. The molecule has 1 heterocycles. The second kappa shape index (κ2) is 4.68. The molecule has 1 amide bonds. The Morgan fingerprint density at radius 3 is 2.67 bits per heavy atom. The number of rotatable bonds is 4. The maximum atomic E-state index is 10.6. The van der Waals surface area contributed by atoms with Crippen LogP contribution in [0.4, 0.5) is 11.5 Å². The molecule has 0 fully saturated rings. The first kappa shape index (κ1) is 11.4. The molecular formula is C9H17N5O. The van der Waals surface area contributed by atoms with E-state index in [1.807, 2.05) is 14.0 Å². The number of carbonyl (C=O) groups excluding carboxylic acids is 1. The lowest BCUT2D eigenvalue weighted by Gasteiger charge is -2.07. The van der Waals surface area contributed by atoms with Gasteiger partial charge in [-0.15, -0.1) is 0 Å². The van der Waals surface area contributed by atoms with Crippen molar-refractivity contribution in [2.45, 2.75) is 13.8 Å². The highest BCUT2D eigenvalue weighted by Gasteiger charge is 2.08. The summed E-state index contributed by atoms with van der Waals surface area (Å²) in [7, 11) is 1.82. The fraction of sp³-hybridized carbons (Fsp3) is 0.556. The summed E-state index contributed by atoms with van der Waals surface area (Å²) in [4.78, 5) is 10.6. The lowest BCUT2D eigenvalue weighted by molar-refractivity contribution is -0.118. The SMILES string of the molecule is CC(=O)NCCNc1c(N)c(C)nn1C. The van der Waals surface area contributed by atoms with Crippen molar-refractivity contribution >= 4 is 17.4 Å². The van der Waals surface area contributed by atoms with Gasteiger partial charge in [-0.05, 0) is 6.92 Å². The van der Waals surface area contributed by atoms with Gasteiger partial charge in [0.2, 0.25) is 5.91 Å². The Balaban J connectivity index is 2.47. The lowest BCUT2D eigenvalue weighted by atomic mass is 10.4. The van der Waals surface area contributed by atoms with Gasteiger partial charge >= 0.3 is 0 Å². The second-order valence-corrected chi connectivity index (χ2v) is 3.38. The van der Waals surface area contributed by atoms with Gasteiger partial charge in [0.05, 0.1) is 11.4 Å². The Hall–Kier alpha value is -1.72. The summed E-state index contributed by atoms with van der Waals surface area (Å²) < 4.78 is 1.69. The van der Waals surface area contributed by atoms with Gasteiger partial charge in [-0.2, -0.15) is 5.10 Å². The van der Waals surface area contributed by atoms with Crippen molar-refractivity contribution in [1.29, 1.82) is 0 Å². The third kappa shape index (κ3) is 2.87. The molecule has 1 rings (SSSR count). The van der Waals surface area contributed by atoms with Crippen LogP contribution in [0.15, 0.2) is 0 Å². The van der Waals surface area contributed by atoms with Gasteiger partial charge in [0, 0.05) is 27.1 Å². The number of nitrogen functional groups attached to an aromatic ring is 1. The minimum absolute atomic E-state index is 0.0361. The van der Waals surface area contributed by atoms with Gasteiger partial charge in [-0.3, -0.25) is 9.48 Å². The Labute approximate surface area is 88.8 Å². The van der Waals surface area contributed by atoms with Crippen molar-refractivity contribution < 1.29 is 4.79 Å². The molecular weight excluding hydrogens is 194 g/mol. The Kier molecular flexibility index (Phi) is 3.54. The van der Waals surface area contributed by atoms with E-state index in [1.54, 1.807) is 4.68 Å². The summed E-state index contributed by atoms with van der Waals surface area (Å²) >= 11 is 0. The molecule has 15 heavy (non-hydrogen) atoms. The number of carbonyl (C=O) groups is 1. The highest BCUT2D eigenvalue weighted by Crippen LogP contribution is 2.20. The highest BCUT2D eigenvalue weighted by atomic mass is 16.1. The maximum Gasteiger partial charge on any atom is 0.216 e. The number of aromatic nitrogens is 2. The van der Waals surface area contributed by atoms with Crippen molar-refractivity contribution in [1.82, 2.24) is 15.1 Å². The van der Waals surface area contributed by atoms with Crippen LogP contribution in [-0.4, -0.2) is 28.8 Å². The van der Waals surface area contributed by atoms with Crippen LogP contribution in [0, 0.1) is 6.92 Å². The Morgan fingerprint density at radius 2 is 2.20 bits per heavy atom. The predicted molar refractivity (Wildman–Crippen MR) is 59.5 cm³/mol. The minimum Gasteiger partial charge on any atom is -0.394 e. The number of hydrogen-bond donors (Lipinski definition) is 3. The van der Waals surface area contributed by atoms with Crippen LogP contribution in [0.25, 0.3) is 0 Å². The van der Waals surface area contributed by atoms with Gasteiger partial charge in [-0.25, -0.2) is 0 Å². The average molecular weight is 211 g/mol. The molecule has 0 atom stereocenters. The number of nitrogens with one attached hydrogen (secondary N) is 2. The molecule has 0 aliphatic rings. The molecule has 0 saturated heterocycles. The summed E-state index contributed by atoms with van der Waals surface area (Å²) in [6.45, 7) is 4.54. The topological polar surface area (TPSA) is 85.0 Å². The van der Waals surface area contributed by atoms with Crippen LogP contribution in [0.2, 0.25) is 0 Å². The third-order valence-corrected chi connectivity index (χ3v) is 2.06. The Bertz CT molecular complexity index is 358. The molecule has 0 spiro atoms. The summed E-state index contributed by atoms with van der Waals surface area (Å²) in [5.41, 5.74) is 7.27. The molecule has 0 unspecified atom stereocenters. The number of anilines is 2. The predicted octanol–water partition coefficient (Wildman–Crippen LogP) is -0.141. The van der Waals surface area contributed by atoms with E-state index in [0.29, 0.717) is 18.8 Å². The fourth-order valence-corrected chi connectivity index (χ4v) is 1.30. The van der Waals surface area contributed by atoms with Gasteiger partial charge in [0.25, 0.3) is 0 Å². The zero-order valence-corrected chi connectivity index (χ0v) is 9.29. The number of hydrogen-bond acceptors (Lipinski definition) is 4. The minimum atomic E-state index is -0.0361. The summed E-state index contributed by atoms with van der Waals surface area (Å²) in [6, 6.07) is 0. The first-order valence-electron chi connectivity index (χ1n) is 4.79. The van der Waals surface area contributed by atoms with Crippen LogP contribution in [0.1, 0.15) is 12.6 Å². The van der Waals surface area contributed by atoms with Crippen molar-refractivity contribution in [2.75, 3.05) is 24.1 Å². The standard InChI is InChI=1S/C9H17N5O/c1-6-8(10)9(14(3)13-6)12-5-4-11-7(2)15/h12H,4-5,10H2,1-3H3,(H,11,15). The molecule has 1 aromatic heterocycles. The molecule has 0 radical (unpaired) electrons. The third-order valence-electron chi connectivity index (χ3n) is 2.06. The molecule has 0 aromatic carbocycles. The summed E-state index contributed by atoms with van der Waals surface area (Å²) in [5, 5.41) is 9.97. The molecule has 4 N–H and O–H groups in total. The molecule has 0 aliphatic carbocycles. The van der Waals surface area contributed by atoms with E-state index >= 15 is 0 Å².